The zero-order chi connectivity index (χ0) is 10.8. The summed E-state index contributed by atoms with van der Waals surface area (Å²) in [5.74, 6) is -0.932. The number of nitrogens with zero attached hydrogens (tertiary/aromatic N) is 2. The summed E-state index contributed by atoms with van der Waals surface area (Å²) < 4.78 is 1.76. The van der Waals surface area contributed by atoms with Crippen LogP contribution < -0.4 is 0 Å². The number of imidazole rings is 1. The maximum Gasteiger partial charge on any atom is 0.335 e. The fourth-order valence-corrected chi connectivity index (χ4v) is 1.51. The molecule has 0 fully saturated rings. The number of thiol groups is 1. The van der Waals surface area contributed by atoms with E-state index in [0.717, 1.165) is 5.69 Å². The highest BCUT2D eigenvalue weighted by molar-refractivity contribution is 7.80. The summed E-state index contributed by atoms with van der Waals surface area (Å²) in [5.41, 5.74) is 1.10. The molecule has 0 aliphatic rings. The van der Waals surface area contributed by atoms with Gasteiger partial charge in [0.1, 0.15) is 0 Å². The Labute approximate surface area is 91.6 Å². The van der Waals surface area contributed by atoms with E-state index in [-0.39, 0.29) is 5.56 Å². The largest absolute Gasteiger partial charge is 0.478 e. The van der Waals surface area contributed by atoms with Crippen LogP contribution >= 0.6 is 12.6 Å². The number of aromatic nitrogens is 2. The third kappa shape index (κ3) is 1.87. The SMILES string of the molecule is O=C(O)c1ccc(-n2ccnc2S)cc1. The van der Waals surface area contributed by atoms with E-state index in [1.165, 1.54) is 0 Å². The van der Waals surface area contributed by atoms with Gasteiger partial charge in [-0.3, -0.25) is 4.57 Å². The zero-order valence-corrected chi connectivity index (χ0v) is 8.56. The third-order valence-corrected chi connectivity index (χ3v) is 2.34. The Kier molecular flexibility index (Phi) is 2.47. The smallest absolute Gasteiger partial charge is 0.335 e. The molecule has 0 bridgehead atoms. The molecule has 76 valence electrons. The van der Waals surface area contributed by atoms with Gasteiger partial charge in [-0.1, -0.05) is 0 Å². The van der Waals surface area contributed by atoms with Crippen molar-refractivity contribution in [3.63, 3.8) is 0 Å². The van der Waals surface area contributed by atoms with Crippen molar-refractivity contribution in [2.75, 3.05) is 0 Å². The Morgan fingerprint density at radius 1 is 1.33 bits per heavy atom. The molecule has 1 N–H and O–H groups in total. The maximum absolute atomic E-state index is 10.6. The van der Waals surface area contributed by atoms with Crippen LogP contribution in [0.2, 0.25) is 0 Å². The van der Waals surface area contributed by atoms with Crippen molar-refractivity contribution in [1.29, 1.82) is 0 Å². The second-order valence-corrected chi connectivity index (χ2v) is 3.35. The number of carboxylic acid groups (broad SMARTS) is 1. The number of rotatable bonds is 2. The molecule has 2 rings (SSSR count). The topological polar surface area (TPSA) is 55.1 Å². The van der Waals surface area contributed by atoms with Crippen molar-refractivity contribution in [1.82, 2.24) is 9.55 Å². The molecule has 0 saturated carbocycles. The molecule has 0 unspecified atom stereocenters. The van der Waals surface area contributed by atoms with Crippen molar-refractivity contribution in [2.24, 2.45) is 0 Å². The minimum absolute atomic E-state index is 0.263. The molecule has 0 atom stereocenters. The Bertz CT molecular complexity index is 490. The molecule has 1 aromatic carbocycles. The van der Waals surface area contributed by atoms with E-state index < -0.39 is 5.97 Å². The van der Waals surface area contributed by atoms with Gasteiger partial charge in [0.25, 0.3) is 0 Å². The minimum Gasteiger partial charge on any atom is -0.478 e. The van der Waals surface area contributed by atoms with Crippen LogP contribution in [0.1, 0.15) is 10.4 Å². The van der Waals surface area contributed by atoms with Crippen LogP contribution in [-0.2, 0) is 0 Å². The van der Waals surface area contributed by atoms with Gasteiger partial charge in [-0.2, -0.15) is 0 Å². The molecule has 0 amide bonds. The monoisotopic (exact) mass is 220 g/mol. The van der Waals surface area contributed by atoms with E-state index in [0.29, 0.717) is 5.16 Å². The van der Waals surface area contributed by atoms with Crippen LogP contribution in [0.25, 0.3) is 5.69 Å². The molecule has 0 saturated heterocycles. The standard InChI is InChI=1S/C10H8N2O2S/c13-9(14)7-1-3-8(4-2-7)12-6-5-11-10(12)15/h1-6H,(H,11,15)(H,13,14). The molecular weight excluding hydrogens is 212 g/mol. The van der Waals surface area contributed by atoms with Crippen LogP contribution in [0.15, 0.2) is 41.8 Å². The number of hydrogen-bond acceptors (Lipinski definition) is 3. The van der Waals surface area contributed by atoms with Gasteiger partial charge in [0.15, 0.2) is 5.16 Å². The first-order valence-electron chi connectivity index (χ1n) is 4.24. The van der Waals surface area contributed by atoms with E-state index >= 15 is 0 Å². The molecule has 0 radical (unpaired) electrons. The first-order chi connectivity index (χ1) is 7.18. The number of carboxylic acids is 1. The highest BCUT2D eigenvalue weighted by Crippen LogP contribution is 2.13. The minimum atomic E-state index is -0.932. The number of aromatic carboxylic acids is 1. The normalized spacial score (nSPS) is 10.2. The first-order valence-corrected chi connectivity index (χ1v) is 4.69. The Balaban J connectivity index is 2.40. The highest BCUT2D eigenvalue weighted by Gasteiger charge is 2.04. The fraction of sp³-hybridized carbons (Fsp3) is 0. The van der Waals surface area contributed by atoms with Gasteiger partial charge >= 0.3 is 5.97 Å². The van der Waals surface area contributed by atoms with E-state index in [4.69, 9.17) is 5.11 Å². The fourth-order valence-electron chi connectivity index (χ4n) is 1.26. The highest BCUT2D eigenvalue weighted by atomic mass is 32.1. The summed E-state index contributed by atoms with van der Waals surface area (Å²) in [6.45, 7) is 0. The van der Waals surface area contributed by atoms with Crippen LogP contribution in [0.5, 0.6) is 0 Å². The molecule has 0 aliphatic carbocycles. The second-order valence-electron chi connectivity index (χ2n) is 2.95. The molecule has 0 spiro atoms. The van der Waals surface area contributed by atoms with Crippen LogP contribution in [0.3, 0.4) is 0 Å². The summed E-state index contributed by atoms with van der Waals surface area (Å²) >= 11 is 4.16. The van der Waals surface area contributed by atoms with Gasteiger partial charge in [-0.25, -0.2) is 9.78 Å². The lowest BCUT2D eigenvalue weighted by atomic mass is 10.2. The summed E-state index contributed by atoms with van der Waals surface area (Å²) in [5, 5.41) is 9.29. The van der Waals surface area contributed by atoms with Gasteiger partial charge in [-0.15, -0.1) is 12.6 Å². The molecule has 15 heavy (non-hydrogen) atoms. The van der Waals surface area contributed by atoms with E-state index in [1.54, 1.807) is 41.2 Å². The van der Waals surface area contributed by atoms with E-state index in [1.807, 2.05) is 0 Å². The Hall–Kier alpha value is -1.75. The lowest BCUT2D eigenvalue weighted by molar-refractivity contribution is 0.0697. The number of carbonyl (C=O) groups is 1. The molecule has 1 aromatic heterocycles. The van der Waals surface area contributed by atoms with Gasteiger partial charge in [-0.05, 0) is 24.3 Å². The van der Waals surface area contributed by atoms with Gasteiger partial charge < -0.3 is 5.11 Å². The van der Waals surface area contributed by atoms with Crippen LogP contribution in [0.4, 0.5) is 0 Å². The Morgan fingerprint density at radius 2 is 2.00 bits per heavy atom. The lowest BCUT2D eigenvalue weighted by Crippen LogP contribution is -1.98. The molecular formula is C10H8N2O2S. The van der Waals surface area contributed by atoms with E-state index in [2.05, 4.69) is 17.6 Å². The van der Waals surface area contributed by atoms with Crippen molar-refractivity contribution in [3.8, 4) is 5.69 Å². The van der Waals surface area contributed by atoms with Crippen LogP contribution in [0, 0.1) is 0 Å². The van der Waals surface area contributed by atoms with E-state index in [9.17, 15) is 4.79 Å². The quantitative estimate of drug-likeness (QED) is 0.759. The van der Waals surface area contributed by atoms with Crippen molar-refractivity contribution in [2.45, 2.75) is 5.16 Å². The average Bonchev–Trinajstić information content (AvgIpc) is 2.65. The van der Waals surface area contributed by atoms with Crippen molar-refractivity contribution in [3.05, 3.63) is 42.2 Å². The Morgan fingerprint density at radius 3 is 2.47 bits per heavy atom. The molecule has 1 heterocycles. The summed E-state index contributed by atoms with van der Waals surface area (Å²) in [4.78, 5) is 14.6. The van der Waals surface area contributed by atoms with Gasteiger partial charge in [0.2, 0.25) is 0 Å². The lowest BCUT2D eigenvalue weighted by Gasteiger charge is -2.04. The third-order valence-electron chi connectivity index (χ3n) is 2.01. The molecule has 0 aliphatic heterocycles. The van der Waals surface area contributed by atoms with Gasteiger partial charge in [0, 0.05) is 18.1 Å². The molecule has 2 aromatic rings. The summed E-state index contributed by atoms with van der Waals surface area (Å²) in [7, 11) is 0. The summed E-state index contributed by atoms with van der Waals surface area (Å²) in [6, 6.07) is 6.52. The number of benzene rings is 1. The molecule has 4 nitrogen and oxygen atoms in total. The van der Waals surface area contributed by atoms with Crippen molar-refractivity contribution >= 4 is 18.6 Å². The van der Waals surface area contributed by atoms with Crippen LogP contribution in [-0.4, -0.2) is 20.6 Å². The average molecular weight is 220 g/mol. The van der Waals surface area contributed by atoms with Crippen molar-refractivity contribution < 1.29 is 9.90 Å². The number of hydrogen-bond donors (Lipinski definition) is 2. The molecule has 5 heteroatoms. The second kappa shape index (κ2) is 3.78. The van der Waals surface area contributed by atoms with Gasteiger partial charge in [0.05, 0.1) is 5.56 Å². The predicted molar refractivity (Wildman–Crippen MR) is 57.8 cm³/mol. The maximum atomic E-state index is 10.6. The zero-order valence-electron chi connectivity index (χ0n) is 7.66. The predicted octanol–water partition coefficient (Wildman–Crippen LogP) is 1.86. The first kappa shape index (κ1) is 9.79. The summed E-state index contributed by atoms with van der Waals surface area (Å²) in [6.07, 6.45) is 3.39.